The fraction of sp³-hybridized carbons (Fsp3) is 0.917. The topological polar surface area (TPSA) is 50.4 Å². The van der Waals surface area contributed by atoms with Gasteiger partial charge in [0.15, 0.2) is 0 Å². The fourth-order valence-electron chi connectivity index (χ4n) is 1.47. The van der Waals surface area contributed by atoms with E-state index in [4.69, 9.17) is 4.74 Å². The van der Waals surface area contributed by atoms with Crippen molar-refractivity contribution in [3.05, 3.63) is 0 Å². The lowest BCUT2D eigenvalue weighted by molar-refractivity contribution is -0.121. The second-order valence-corrected chi connectivity index (χ2v) is 3.98. The molecule has 0 aliphatic heterocycles. The van der Waals surface area contributed by atoms with Gasteiger partial charge in [-0.05, 0) is 12.5 Å². The Balaban J connectivity index is 3.33. The van der Waals surface area contributed by atoms with Crippen LogP contribution in [0.3, 0.4) is 0 Å². The first-order valence-electron chi connectivity index (χ1n) is 6.20. The molecule has 0 fully saturated rings. The number of methoxy groups -OCH3 is 1. The van der Waals surface area contributed by atoms with Crippen LogP contribution < -0.4 is 10.6 Å². The van der Waals surface area contributed by atoms with E-state index in [0.717, 1.165) is 19.0 Å². The second kappa shape index (κ2) is 10.9. The van der Waals surface area contributed by atoms with E-state index in [0.29, 0.717) is 19.6 Å². The zero-order chi connectivity index (χ0) is 12.2. The molecule has 0 spiro atoms. The minimum absolute atomic E-state index is 0.0918. The molecule has 16 heavy (non-hydrogen) atoms. The summed E-state index contributed by atoms with van der Waals surface area (Å²) in [7, 11) is 1.63. The average molecular weight is 230 g/mol. The zero-order valence-electron chi connectivity index (χ0n) is 10.8. The van der Waals surface area contributed by atoms with E-state index in [2.05, 4.69) is 24.5 Å². The summed E-state index contributed by atoms with van der Waals surface area (Å²) in [5, 5.41) is 6.11. The van der Waals surface area contributed by atoms with Crippen LogP contribution in [0.4, 0.5) is 0 Å². The van der Waals surface area contributed by atoms with Crippen LogP contribution in [-0.2, 0) is 9.53 Å². The van der Waals surface area contributed by atoms with Gasteiger partial charge < -0.3 is 15.4 Å². The number of carbonyl (C=O) groups is 1. The molecular weight excluding hydrogens is 204 g/mol. The van der Waals surface area contributed by atoms with Gasteiger partial charge in [0.05, 0.1) is 6.61 Å². The fourth-order valence-corrected chi connectivity index (χ4v) is 1.47. The molecule has 0 aromatic carbocycles. The Labute approximate surface area is 99.1 Å². The highest BCUT2D eigenvalue weighted by molar-refractivity contribution is 5.75. The van der Waals surface area contributed by atoms with Gasteiger partial charge in [-0.2, -0.15) is 0 Å². The first kappa shape index (κ1) is 15.4. The average Bonchev–Trinajstić information content (AvgIpc) is 2.30. The van der Waals surface area contributed by atoms with Gasteiger partial charge in [-0.3, -0.25) is 4.79 Å². The van der Waals surface area contributed by atoms with Crippen molar-refractivity contribution in [1.82, 2.24) is 10.6 Å². The Kier molecular flexibility index (Phi) is 10.5. The Morgan fingerprint density at radius 1 is 1.25 bits per heavy atom. The van der Waals surface area contributed by atoms with E-state index in [1.165, 1.54) is 12.8 Å². The predicted octanol–water partition coefficient (Wildman–Crippen LogP) is 1.16. The number of rotatable bonds is 10. The highest BCUT2D eigenvalue weighted by atomic mass is 16.5. The molecule has 0 aromatic rings. The van der Waals surface area contributed by atoms with Crippen molar-refractivity contribution < 1.29 is 9.53 Å². The number of hydrogen-bond acceptors (Lipinski definition) is 3. The van der Waals surface area contributed by atoms with Gasteiger partial charge in [-0.25, -0.2) is 0 Å². The van der Waals surface area contributed by atoms with Crippen molar-refractivity contribution in [2.75, 3.05) is 33.4 Å². The highest BCUT2D eigenvalue weighted by Crippen LogP contribution is 2.04. The second-order valence-electron chi connectivity index (χ2n) is 3.98. The van der Waals surface area contributed by atoms with Gasteiger partial charge >= 0.3 is 0 Å². The van der Waals surface area contributed by atoms with Gasteiger partial charge in [-0.15, -0.1) is 0 Å². The van der Waals surface area contributed by atoms with Crippen molar-refractivity contribution in [3.63, 3.8) is 0 Å². The van der Waals surface area contributed by atoms with Crippen molar-refractivity contribution in [2.45, 2.75) is 33.1 Å². The molecule has 4 heteroatoms. The van der Waals surface area contributed by atoms with Crippen molar-refractivity contribution in [1.29, 1.82) is 0 Å². The minimum atomic E-state index is 0.0918. The SMILES string of the molecule is CCC(CC)CNCCC(=O)NCCOC. The third-order valence-electron chi connectivity index (χ3n) is 2.74. The molecule has 0 bridgehead atoms. The van der Waals surface area contributed by atoms with E-state index in [9.17, 15) is 4.79 Å². The molecule has 4 nitrogen and oxygen atoms in total. The molecule has 0 aromatic heterocycles. The van der Waals surface area contributed by atoms with E-state index >= 15 is 0 Å². The molecule has 0 radical (unpaired) electrons. The molecule has 0 heterocycles. The van der Waals surface area contributed by atoms with Gasteiger partial charge in [-0.1, -0.05) is 26.7 Å². The van der Waals surface area contributed by atoms with Crippen LogP contribution in [0.25, 0.3) is 0 Å². The molecule has 0 rings (SSSR count). The normalized spacial score (nSPS) is 10.8. The molecule has 0 saturated heterocycles. The third-order valence-corrected chi connectivity index (χ3v) is 2.74. The molecule has 0 unspecified atom stereocenters. The summed E-state index contributed by atoms with van der Waals surface area (Å²) < 4.78 is 4.85. The lowest BCUT2D eigenvalue weighted by Crippen LogP contribution is -2.31. The molecule has 0 aliphatic carbocycles. The predicted molar refractivity (Wildman–Crippen MR) is 66.4 cm³/mol. The molecular formula is C12H26N2O2. The number of carbonyl (C=O) groups excluding carboxylic acids is 1. The summed E-state index contributed by atoms with van der Waals surface area (Å²) in [6.07, 6.45) is 2.94. The molecule has 0 atom stereocenters. The number of ether oxygens (including phenoxy) is 1. The summed E-state index contributed by atoms with van der Waals surface area (Å²) >= 11 is 0. The Bertz CT molecular complexity index is 170. The van der Waals surface area contributed by atoms with Crippen molar-refractivity contribution >= 4 is 5.91 Å². The van der Waals surface area contributed by atoms with Gasteiger partial charge in [0.1, 0.15) is 0 Å². The minimum Gasteiger partial charge on any atom is -0.383 e. The van der Waals surface area contributed by atoms with Crippen LogP contribution in [0, 0.1) is 5.92 Å². The maximum atomic E-state index is 11.3. The Morgan fingerprint density at radius 3 is 2.50 bits per heavy atom. The standard InChI is InChI=1S/C12H26N2O2/c1-4-11(5-2)10-13-7-6-12(15)14-8-9-16-3/h11,13H,4-10H2,1-3H3,(H,14,15). The van der Waals surface area contributed by atoms with E-state index < -0.39 is 0 Å². The maximum Gasteiger partial charge on any atom is 0.221 e. The zero-order valence-corrected chi connectivity index (χ0v) is 10.8. The van der Waals surface area contributed by atoms with Gasteiger partial charge in [0.2, 0.25) is 5.91 Å². The monoisotopic (exact) mass is 230 g/mol. The van der Waals surface area contributed by atoms with Crippen molar-refractivity contribution in [2.24, 2.45) is 5.92 Å². The first-order chi connectivity index (χ1) is 7.74. The van der Waals surface area contributed by atoms with Crippen LogP contribution in [-0.4, -0.2) is 39.3 Å². The largest absolute Gasteiger partial charge is 0.383 e. The molecule has 0 aliphatic rings. The highest BCUT2D eigenvalue weighted by Gasteiger charge is 2.03. The van der Waals surface area contributed by atoms with Crippen LogP contribution in [0.2, 0.25) is 0 Å². The number of nitrogens with one attached hydrogen (secondary N) is 2. The maximum absolute atomic E-state index is 11.3. The van der Waals surface area contributed by atoms with Crippen LogP contribution in [0.5, 0.6) is 0 Å². The van der Waals surface area contributed by atoms with E-state index in [-0.39, 0.29) is 5.91 Å². The van der Waals surface area contributed by atoms with E-state index in [1.54, 1.807) is 7.11 Å². The molecule has 1 amide bonds. The van der Waals surface area contributed by atoms with Gasteiger partial charge in [0.25, 0.3) is 0 Å². The summed E-state index contributed by atoms with van der Waals surface area (Å²) in [4.78, 5) is 11.3. The molecule has 2 N–H and O–H groups in total. The quantitative estimate of drug-likeness (QED) is 0.554. The molecule has 0 saturated carbocycles. The number of hydrogen-bond donors (Lipinski definition) is 2. The van der Waals surface area contributed by atoms with Crippen molar-refractivity contribution in [3.8, 4) is 0 Å². The summed E-state index contributed by atoms with van der Waals surface area (Å²) in [5.41, 5.74) is 0. The summed E-state index contributed by atoms with van der Waals surface area (Å²) in [6, 6.07) is 0. The summed E-state index contributed by atoms with van der Waals surface area (Å²) in [6.45, 7) is 7.35. The van der Waals surface area contributed by atoms with Crippen LogP contribution in [0.1, 0.15) is 33.1 Å². The van der Waals surface area contributed by atoms with E-state index in [1.807, 2.05) is 0 Å². The molecule has 96 valence electrons. The van der Waals surface area contributed by atoms with Crippen LogP contribution >= 0.6 is 0 Å². The Hall–Kier alpha value is -0.610. The smallest absolute Gasteiger partial charge is 0.221 e. The lowest BCUT2D eigenvalue weighted by Gasteiger charge is -2.12. The van der Waals surface area contributed by atoms with Crippen LogP contribution in [0.15, 0.2) is 0 Å². The number of amides is 1. The lowest BCUT2D eigenvalue weighted by atomic mass is 10.0. The third kappa shape index (κ3) is 8.68. The Morgan fingerprint density at radius 2 is 1.94 bits per heavy atom. The first-order valence-corrected chi connectivity index (χ1v) is 6.20. The van der Waals surface area contributed by atoms with Gasteiger partial charge in [0, 0.05) is 26.6 Å². The summed E-state index contributed by atoms with van der Waals surface area (Å²) in [5.74, 6) is 0.825.